The van der Waals surface area contributed by atoms with Crippen LogP contribution in [0.3, 0.4) is 0 Å². The summed E-state index contributed by atoms with van der Waals surface area (Å²) in [6.07, 6.45) is -3.26. The number of aromatic nitrogens is 2. The number of rotatable bonds is 4. The number of anilines is 1. The lowest BCUT2D eigenvalue weighted by Gasteiger charge is -2.31. The van der Waals surface area contributed by atoms with E-state index in [0.29, 0.717) is 23.9 Å². The third kappa shape index (κ3) is 3.76. The number of carbonyl (C=O) groups excluding carboxylic acids is 2. The molecule has 1 aliphatic rings. The summed E-state index contributed by atoms with van der Waals surface area (Å²) < 4.78 is 42.9. The molecule has 4 rings (SSSR count). The van der Waals surface area contributed by atoms with Gasteiger partial charge in [-0.3, -0.25) is 9.59 Å². The normalized spacial score (nSPS) is 16.9. The van der Waals surface area contributed by atoms with Crippen LogP contribution in [0.25, 0.3) is 11.0 Å². The highest BCUT2D eigenvalue weighted by Gasteiger charge is 2.43. The third-order valence-corrected chi connectivity index (χ3v) is 6.40. The van der Waals surface area contributed by atoms with Crippen molar-refractivity contribution in [1.82, 2.24) is 9.97 Å². The Balaban J connectivity index is 1.88. The molecule has 6 nitrogen and oxygen atoms in total. The van der Waals surface area contributed by atoms with Crippen LogP contribution in [0, 0.1) is 0 Å². The minimum Gasteiger partial charge on any atom is -0.369 e. The minimum absolute atomic E-state index is 0.0312. The second-order valence-electron chi connectivity index (χ2n) is 7.97. The van der Waals surface area contributed by atoms with Crippen molar-refractivity contribution >= 4 is 44.5 Å². The number of piperidine rings is 1. The molecular formula is C22H20BrF3N4O2. The van der Waals surface area contributed by atoms with E-state index in [9.17, 15) is 22.8 Å². The van der Waals surface area contributed by atoms with Crippen molar-refractivity contribution in [3.05, 3.63) is 57.8 Å². The van der Waals surface area contributed by atoms with Gasteiger partial charge in [-0.05, 0) is 55.7 Å². The van der Waals surface area contributed by atoms with Crippen molar-refractivity contribution in [2.24, 2.45) is 5.73 Å². The second-order valence-corrected chi connectivity index (χ2v) is 8.88. The molecule has 32 heavy (non-hydrogen) atoms. The Kier molecular flexibility index (Phi) is 5.52. The van der Waals surface area contributed by atoms with Crippen LogP contribution in [0.1, 0.15) is 43.1 Å². The van der Waals surface area contributed by atoms with Gasteiger partial charge in [0.1, 0.15) is 11.2 Å². The first kappa shape index (κ1) is 22.3. The van der Waals surface area contributed by atoms with Crippen LogP contribution in [0.5, 0.6) is 0 Å². The molecule has 0 spiro atoms. The number of H-pyrrole nitrogens is 1. The van der Waals surface area contributed by atoms with E-state index in [0.717, 1.165) is 15.4 Å². The molecule has 2 amide bonds. The highest BCUT2D eigenvalue weighted by Crippen LogP contribution is 2.41. The summed E-state index contributed by atoms with van der Waals surface area (Å²) in [6, 6.07) is 8.76. The quantitative estimate of drug-likeness (QED) is 0.537. The number of carbonyl (C=O) groups is 2. The maximum atomic E-state index is 14.0. The van der Waals surface area contributed by atoms with Crippen LogP contribution in [-0.4, -0.2) is 28.3 Å². The topological polar surface area (TPSA) is 92.1 Å². The van der Waals surface area contributed by atoms with E-state index in [-0.39, 0.29) is 35.9 Å². The lowest BCUT2D eigenvalue weighted by molar-refractivity contribution is -0.137. The number of primary amides is 1. The Labute approximate surface area is 190 Å². The average molecular weight is 509 g/mol. The van der Waals surface area contributed by atoms with Crippen LogP contribution < -0.4 is 10.6 Å². The van der Waals surface area contributed by atoms with Gasteiger partial charge in [0.05, 0.1) is 22.3 Å². The van der Waals surface area contributed by atoms with E-state index in [1.165, 1.54) is 19.1 Å². The minimum atomic E-state index is -4.74. The number of amides is 2. The van der Waals surface area contributed by atoms with Gasteiger partial charge in [-0.25, -0.2) is 4.98 Å². The monoisotopic (exact) mass is 508 g/mol. The molecule has 2 heterocycles. The Morgan fingerprint density at radius 2 is 1.94 bits per heavy atom. The Hall–Kier alpha value is -2.88. The van der Waals surface area contributed by atoms with Crippen molar-refractivity contribution in [3.63, 3.8) is 0 Å². The summed E-state index contributed by atoms with van der Waals surface area (Å²) in [5, 5.41) is 0. The maximum Gasteiger partial charge on any atom is 0.418 e. The molecule has 168 valence electrons. The Morgan fingerprint density at radius 1 is 1.19 bits per heavy atom. The number of hydrogen-bond acceptors (Lipinski definition) is 3. The molecule has 0 saturated carbocycles. The van der Waals surface area contributed by atoms with Gasteiger partial charge in [-0.15, -0.1) is 0 Å². The number of benzene rings is 2. The number of fused-ring (bicyclic) bond motifs is 1. The largest absolute Gasteiger partial charge is 0.418 e. The number of alkyl halides is 3. The predicted octanol–water partition coefficient (Wildman–Crippen LogP) is 4.65. The van der Waals surface area contributed by atoms with Gasteiger partial charge in [0.2, 0.25) is 11.8 Å². The van der Waals surface area contributed by atoms with Crippen molar-refractivity contribution < 1.29 is 22.8 Å². The van der Waals surface area contributed by atoms with Gasteiger partial charge < -0.3 is 15.6 Å². The zero-order valence-electron chi connectivity index (χ0n) is 17.1. The molecule has 2 aromatic carbocycles. The van der Waals surface area contributed by atoms with Gasteiger partial charge in [0.25, 0.3) is 0 Å². The van der Waals surface area contributed by atoms with E-state index < -0.39 is 23.1 Å². The summed E-state index contributed by atoms with van der Waals surface area (Å²) in [4.78, 5) is 33.4. The summed E-state index contributed by atoms with van der Waals surface area (Å²) in [7, 11) is 0. The van der Waals surface area contributed by atoms with Gasteiger partial charge in [0, 0.05) is 17.4 Å². The van der Waals surface area contributed by atoms with E-state index >= 15 is 0 Å². The molecule has 3 N–H and O–H groups in total. The van der Waals surface area contributed by atoms with Crippen LogP contribution in [-0.2, 0) is 21.2 Å². The maximum absolute atomic E-state index is 14.0. The van der Waals surface area contributed by atoms with Crippen LogP contribution in [0.2, 0.25) is 0 Å². The molecule has 1 aromatic heterocycles. The number of halogens is 4. The summed E-state index contributed by atoms with van der Waals surface area (Å²) >= 11 is 3.35. The van der Waals surface area contributed by atoms with E-state index in [4.69, 9.17) is 5.73 Å². The van der Waals surface area contributed by atoms with Gasteiger partial charge in [0.15, 0.2) is 0 Å². The van der Waals surface area contributed by atoms with Crippen LogP contribution in [0.15, 0.2) is 40.9 Å². The number of hydrogen-bond donors (Lipinski definition) is 2. The molecule has 0 bridgehead atoms. The summed E-state index contributed by atoms with van der Waals surface area (Å²) in [6.45, 7) is 1.65. The van der Waals surface area contributed by atoms with Crippen molar-refractivity contribution in [2.75, 3.05) is 11.4 Å². The molecule has 1 saturated heterocycles. The molecule has 0 aliphatic carbocycles. The number of aromatic amines is 1. The van der Waals surface area contributed by atoms with Crippen LogP contribution in [0.4, 0.5) is 18.9 Å². The zero-order valence-corrected chi connectivity index (χ0v) is 18.7. The summed E-state index contributed by atoms with van der Waals surface area (Å²) in [5.41, 5.74) is 4.01. The fourth-order valence-corrected chi connectivity index (χ4v) is 4.35. The molecule has 1 aliphatic heterocycles. The fourth-order valence-electron chi connectivity index (χ4n) is 3.98. The first-order chi connectivity index (χ1) is 15.0. The number of nitrogens with zero attached hydrogens (tertiary/aromatic N) is 2. The van der Waals surface area contributed by atoms with E-state index in [2.05, 4.69) is 25.9 Å². The standard InChI is InChI=1S/C22H20BrF3N4O2/c1-21(19(27)32,20-28-15-7-6-13(23)11-16(15)29-20)12-5-8-17(14(10-12)22(24,25)26)30-9-3-2-4-18(30)31/h5-8,10-11H,2-4,9H2,1H3,(H2,27,32)(H,28,29). The Morgan fingerprint density at radius 3 is 2.59 bits per heavy atom. The fraction of sp³-hybridized carbons (Fsp3) is 0.318. The highest BCUT2D eigenvalue weighted by atomic mass is 79.9. The molecule has 1 unspecified atom stereocenters. The molecule has 3 aromatic rings. The van der Waals surface area contributed by atoms with E-state index in [1.807, 2.05) is 0 Å². The van der Waals surface area contributed by atoms with Crippen molar-refractivity contribution in [2.45, 2.75) is 37.8 Å². The van der Waals surface area contributed by atoms with Crippen molar-refractivity contribution in [3.8, 4) is 0 Å². The smallest absolute Gasteiger partial charge is 0.369 e. The molecule has 0 radical (unpaired) electrons. The molecule has 1 fully saturated rings. The first-order valence-corrected chi connectivity index (χ1v) is 10.8. The van der Waals surface area contributed by atoms with Gasteiger partial charge in [-0.2, -0.15) is 13.2 Å². The lowest BCUT2D eigenvalue weighted by Crippen LogP contribution is -2.41. The van der Waals surface area contributed by atoms with Crippen molar-refractivity contribution in [1.29, 1.82) is 0 Å². The Bertz CT molecular complexity index is 1220. The average Bonchev–Trinajstić information content (AvgIpc) is 3.16. The summed E-state index contributed by atoms with van der Waals surface area (Å²) in [5.74, 6) is -1.08. The van der Waals surface area contributed by atoms with Crippen LogP contribution >= 0.6 is 15.9 Å². The highest BCUT2D eigenvalue weighted by molar-refractivity contribution is 9.10. The lowest BCUT2D eigenvalue weighted by atomic mass is 9.80. The number of nitrogens with two attached hydrogens (primary N) is 1. The number of imidazole rings is 1. The predicted molar refractivity (Wildman–Crippen MR) is 117 cm³/mol. The second kappa shape index (κ2) is 7.91. The molecular weight excluding hydrogens is 489 g/mol. The first-order valence-electron chi connectivity index (χ1n) is 9.99. The SMILES string of the molecule is CC(C(N)=O)(c1ccc(N2CCCCC2=O)c(C(F)(F)F)c1)c1nc2ccc(Br)cc2[nH]1. The zero-order chi connectivity index (χ0) is 23.3. The third-order valence-electron chi connectivity index (χ3n) is 5.90. The molecule has 10 heteroatoms. The van der Waals surface area contributed by atoms with Gasteiger partial charge in [-0.1, -0.05) is 22.0 Å². The van der Waals surface area contributed by atoms with Gasteiger partial charge >= 0.3 is 6.18 Å². The molecule has 1 atom stereocenters. The number of nitrogens with one attached hydrogen (secondary N) is 1. The van der Waals surface area contributed by atoms with E-state index in [1.54, 1.807) is 18.2 Å².